The van der Waals surface area contributed by atoms with Crippen LogP contribution in [0, 0.1) is 16.0 Å². The van der Waals surface area contributed by atoms with Crippen molar-refractivity contribution in [3.8, 4) is 0 Å². The summed E-state index contributed by atoms with van der Waals surface area (Å²) in [6.07, 6.45) is -0.301. The van der Waals surface area contributed by atoms with E-state index in [9.17, 15) is 28.1 Å². The van der Waals surface area contributed by atoms with Gasteiger partial charge in [-0.2, -0.15) is 13.2 Å². The van der Waals surface area contributed by atoms with E-state index in [-0.39, 0.29) is 60.6 Å². The van der Waals surface area contributed by atoms with Crippen molar-refractivity contribution in [2.24, 2.45) is 5.92 Å². The summed E-state index contributed by atoms with van der Waals surface area (Å²) in [4.78, 5) is 25.3. The van der Waals surface area contributed by atoms with Gasteiger partial charge in [-0.1, -0.05) is 34.1 Å². The zero-order chi connectivity index (χ0) is 28.5. The second kappa shape index (κ2) is 14.8. The van der Waals surface area contributed by atoms with E-state index in [1.807, 2.05) is 13.8 Å². The number of carbonyl (C=O) groups is 1. The minimum absolute atomic E-state index is 0.0364. The quantitative estimate of drug-likeness (QED) is 0.388. The van der Waals surface area contributed by atoms with Crippen LogP contribution in [-0.4, -0.2) is 60.8 Å². The summed E-state index contributed by atoms with van der Waals surface area (Å²) >= 11 is 0. The van der Waals surface area contributed by atoms with Gasteiger partial charge < -0.3 is 19.7 Å². The highest BCUT2D eigenvalue weighted by molar-refractivity contribution is 5.79. The molecule has 4 rings (SSSR count). The standard InChI is InChI=1S/C22H28F3N3O5.C3H8.C2H6/c1-32-20-12-33-7-5-18(20)26-16-3-2-13(9-16)21(29)27-6-4-17-14(11-27)8-15(22(23,24)25)10-19(17)28(30)31;1-3-2;1-2/h8,10,13,16,18,20,26H,2-7,9,11-12H2,1H3;3H2,1-2H3;1-2H3. The van der Waals surface area contributed by atoms with Gasteiger partial charge in [-0.25, -0.2) is 0 Å². The lowest BCUT2D eigenvalue weighted by Crippen LogP contribution is -2.50. The van der Waals surface area contributed by atoms with E-state index in [1.165, 1.54) is 6.42 Å². The van der Waals surface area contributed by atoms with Gasteiger partial charge in [-0.05, 0) is 43.7 Å². The van der Waals surface area contributed by atoms with Gasteiger partial charge in [0.05, 0.1) is 23.2 Å². The number of nitro benzene ring substituents is 1. The average Bonchev–Trinajstić information content (AvgIpc) is 3.37. The topological polar surface area (TPSA) is 93.9 Å². The van der Waals surface area contributed by atoms with Crippen LogP contribution in [0.5, 0.6) is 0 Å². The number of benzene rings is 1. The molecular weight excluding hydrogens is 503 g/mol. The molecule has 2 aliphatic heterocycles. The molecule has 0 bridgehead atoms. The lowest BCUT2D eigenvalue weighted by Gasteiger charge is -2.33. The maximum absolute atomic E-state index is 13.3. The highest BCUT2D eigenvalue weighted by Gasteiger charge is 2.39. The van der Waals surface area contributed by atoms with Gasteiger partial charge >= 0.3 is 6.18 Å². The molecule has 0 spiro atoms. The molecule has 0 aromatic heterocycles. The average molecular weight is 546 g/mol. The second-order valence-corrected chi connectivity index (χ2v) is 9.72. The number of rotatable bonds is 5. The van der Waals surface area contributed by atoms with Crippen molar-refractivity contribution >= 4 is 11.6 Å². The number of nitro groups is 1. The number of nitrogens with one attached hydrogen (secondary N) is 1. The molecule has 4 atom stereocenters. The largest absolute Gasteiger partial charge is 0.416 e. The summed E-state index contributed by atoms with van der Waals surface area (Å²) in [7, 11) is 1.65. The fraction of sp³-hybridized carbons (Fsp3) is 0.741. The Kier molecular flexibility index (Phi) is 12.4. The highest BCUT2D eigenvalue weighted by atomic mass is 19.4. The Morgan fingerprint density at radius 3 is 2.53 bits per heavy atom. The van der Waals surface area contributed by atoms with Crippen molar-refractivity contribution in [1.29, 1.82) is 0 Å². The maximum Gasteiger partial charge on any atom is 0.416 e. The maximum atomic E-state index is 13.3. The van der Waals surface area contributed by atoms with E-state index in [2.05, 4.69) is 19.2 Å². The molecule has 2 heterocycles. The number of methoxy groups -OCH3 is 1. The summed E-state index contributed by atoms with van der Waals surface area (Å²) in [6, 6.07) is 1.85. The molecule has 1 aliphatic carbocycles. The molecular formula is C27H42F3N3O5. The number of amides is 1. The number of carbonyl (C=O) groups excluding carboxylic acids is 1. The van der Waals surface area contributed by atoms with E-state index in [0.29, 0.717) is 32.1 Å². The number of hydrogen-bond donors (Lipinski definition) is 1. The van der Waals surface area contributed by atoms with Crippen LogP contribution in [0.3, 0.4) is 0 Å². The number of fused-ring (bicyclic) bond motifs is 1. The van der Waals surface area contributed by atoms with Crippen LogP contribution < -0.4 is 5.32 Å². The van der Waals surface area contributed by atoms with Gasteiger partial charge in [0.25, 0.3) is 5.69 Å². The van der Waals surface area contributed by atoms with Gasteiger partial charge in [0.15, 0.2) is 0 Å². The predicted octanol–water partition coefficient (Wildman–Crippen LogP) is 5.50. The van der Waals surface area contributed by atoms with Crippen LogP contribution in [-0.2, 0) is 33.4 Å². The van der Waals surface area contributed by atoms with E-state index in [1.54, 1.807) is 12.0 Å². The van der Waals surface area contributed by atoms with Crippen LogP contribution in [0.15, 0.2) is 12.1 Å². The SMILES string of the molecule is CC.CCC.COC1COCCC1NC1CCC(C(=O)N2CCc3c(cc(C(F)(F)F)cc3[N+](=O)[O-])C2)C1. The first-order chi connectivity index (χ1) is 18.1. The lowest BCUT2D eigenvalue weighted by atomic mass is 9.94. The molecule has 1 saturated carbocycles. The lowest BCUT2D eigenvalue weighted by molar-refractivity contribution is -0.385. The van der Waals surface area contributed by atoms with Crippen molar-refractivity contribution in [3.63, 3.8) is 0 Å². The molecule has 2 fully saturated rings. The Labute approximate surface area is 223 Å². The van der Waals surface area contributed by atoms with Crippen molar-refractivity contribution < 1.29 is 32.4 Å². The summed E-state index contributed by atoms with van der Waals surface area (Å²) in [5, 5.41) is 14.9. The first-order valence-electron chi connectivity index (χ1n) is 13.6. The molecule has 8 nitrogen and oxygen atoms in total. The van der Waals surface area contributed by atoms with E-state index < -0.39 is 22.4 Å². The fourth-order valence-electron chi connectivity index (χ4n) is 5.24. The summed E-state index contributed by atoms with van der Waals surface area (Å²) in [5.41, 5.74) is -1.10. The van der Waals surface area contributed by atoms with Crippen molar-refractivity contribution in [3.05, 3.63) is 38.9 Å². The molecule has 1 aromatic rings. The van der Waals surface area contributed by atoms with E-state index in [4.69, 9.17) is 9.47 Å². The van der Waals surface area contributed by atoms with Crippen LogP contribution in [0.1, 0.15) is 76.5 Å². The Bertz CT molecular complexity index is 928. The van der Waals surface area contributed by atoms with Crippen LogP contribution in [0.2, 0.25) is 0 Å². The van der Waals surface area contributed by atoms with E-state index >= 15 is 0 Å². The van der Waals surface area contributed by atoms with Crippen molar-refractivity contribution in [2.45, 2.75) is 97.1 Å². The number of nitrogens with zero attached hydrogens (tertiary/aromatic N) is 2. The Balaban J connectivity index is 0.000000947. The minimum atomic E-state index is -4.69. The molecule has 11 heteroatoms. The third-order valence-corrected chi connectivity index (χ3v) is 6.99. The van der Waals surface area contributed by atoms with Gasteiger partial charge in [0.2, 0.25) is 5.91 Å². The third kappa shape index (κ3) is 8.13. The van der Waals surface area contributed by atoms with Crippen molar-refractivity contribution in [2.75, 3.05) is 26.9 Å². The van der Waals surface area contributed by atoms with Crippen LogP contribution in [0.25, 0.3) is 0 Å². The number of hydrogen-bond acceptors (Lipinski definition) is 6. The monoisotopic (exact) mass is 545 g/mol. The third-order valence-electron chi connectivity index (χ3n) is 6.99. The smallest absolute Gasteiger partial charge is 0.379 e. The second-order valence-electron chi connectivity index (χ2n) is 9.72. The molecule has 1 aromatic carbocycles. The molecule has 216 valence electrons. The molecule has 4 unspecified atom stereocenters. The minimum Gasteiger partial charge on any atom is -0.379 e. The molecule has 1 N–H and O–H groups in total. The van der Waals surface area contributed by atoms with E-state index in [0.717, 1.165) is 18.9 Å². The molecule has 1 amide bonds. The fourth-order valence-corrected chi connectivity index (χ4v) is 5.24. The van der Waals surface area contributed by atoms with Crippen LogP contribution in [0.4, 0.5) is 18.9 Å². The summed E-state index contributed by atoms with van der Waals surface area (Å²) in [6.45, 7) is 9.66. The number of ether oxygens (including phenoxy) is 2. The molecule has 38 heavy (non-hydrogen) atoms. The zero-order valence-electron chi connectivity index (χ0n) is 23.1. The highest BCUT2D eigenvalue weighted by Crippen LogP contribution is 2.38. The first kappa shape index (κ1) is 32.0. The van der Waals surface area contributed by atoms with Gasteiger partial charge in [-0.3, -0.25) is 14.9 Å². The first-order valence-corrected chi connectivity index (χ1v) is 13.6. The molecule has 1 saturated heterocycles. The predicted molar refractivity (Wildman–Crippen MR) is 139 cm³/mol. The summed E-state index contributed by atoms with van der Waals surface area (Å²) in [5.74, 6) is -0.314. The Morgan fingerprint density at radius 1 is 1.24 bits per heavy atom. The van der Waals surface area contributed by atoms with Gasteiger partial charge in [-0.15, -0.1) is 0 Å². The zero-order valence-corrected chi connectivity index (χ0v) is 23.1. The van der Waals surface area contributed by atoms with Crippen LogP contribution >= 0.6 is 0 Å². The Hall–Kier alpha value is -2.24. The van der Waals surface area contributed by atoms with Crippen molar-refractivity contribution in [1.82, 2.24) is 10.2 Å². The molecule has 3 aliphatic rings. The Morgan fingerprint density at radius 2 is 1.92 bits per heavy atom. The number of halogens is 3. The van der Waals surface area contributed by atoms with Gasteiger partial charge in [0, 0.05) is 56.4 Å². The molecule has 0 radical (unpaired) electrons. The number of alkyl halides is 3. The van der Waals surface area contributed by atoms with Gasteiger partial charge in [0.1, 0.15) is 0 Å². The summed E-state index contributed by atoms with van der Waals surface area (Å²) < 4.78 is 50.7. The normalized spacial score (nSPS) is 24.9.